The Morgan fingerprint density at radius 3 is 2.62 bits per heavy atom. The Kier molecular flexibility index (Phi) is 5.73. The number of halogens is 1. The average Bonchev–Trinajstić information content (AvgIpc) is 3.11. The van der Waals surface area contributed by atoms with Crippen molar-refractivity contribution in [2.45, 2.75) is 31.2 Å². The van der Waals surface area contributed by atoms with Crippen LogP contribution < -0.4 is 0 Å². The van der Waals surface area contributed by atoms with E-state index in [9.17, 15) is 13.2 Å². The minimum Gasteiger partial charge on any atom is -0.342 e. The lowest BCUT2D eigenvalue weighted by atomic mass is 10.1. The van der Waals surface area contributed by atoms with Crippen LogP contribution in [0.5, 0.6) is 0 Å². The highest BCUT2D eigenvalue weighted by Crippen LogP contribution is 2.39. The molecule has 8 heteroatoms. The Bertz CT molecular complexity index is 1070. The van der Waals surface area contributed by atoms with Crippen LogP contribution in [0.3, 0.4) is 0 Å². The molecule has 29 heavy (non-hydrogen) atoms. The lowest BCUT2D eigenvalue weighted by Crippen LogP contribution is -2.37. The number of aliphatic imine (C=N–C) groups is 1. The number of thioether (sulfide) groups is 1. The monoisotopic (exact) mass is 448 g/mol. The molecule has 0 saturated carbocycles. The molecule has 5 nitrogen and oxygen atoms in total. The van der Waals surface area contributed by atoms with E-state index in [1.165, 1.54) is 11.8 Å². The number of carbonyl (C=O) groups excluding carboxylic acids is 1. The largest absolute Gasteiger partial charge is 0.342 e. The molecule has 2 aromatic rings. The molecule has 2 heterocycles. The van der Waals surface area contributed by atoms with Gasteiger partial charge in [0.1, 0.15) is 0 Å². The summed E-state index contributed by atoms with van der Waals surface area (Å²) in [5.74, 6) is -0.0454. The van der Waals surface area contributed by atoms with Crippen molar-refractivity contribution < 1.29 is 13.2 Å². The fourth-order valence-corrected chi connectivity index (χ4v) is 7.83. The van der Waals surface area contributed by atoms with Gasteiger partial charge in [0.05, 0.1) is 24.0 Å². The van der Waals surface area contributed by atoms with Crippen LogP contribution in [-0.2, 0) is 27.6 Å². The minimum absolute atomic E-state index is 0.0858. The number of benzene rings is 2. The van der Waals surface area contributed by atoms with E-state index in [4.69, 9.17) is 11.6 Å². The van der Waals surface area contributed by atoms with Crippen LogP contribution in [0.15, 0.2) is 53.5 Å². The maximum atomic E-state index is 12.6. The van der Waals surface area contributed by atoms with Crippen molar-refractivity contribution in [1.29, 1.82) is 0 Å². The molecule has 0 N–H and O–H groups in total. The second kappa shape index (κ2) is 8.13. The molecule has 2 saturated heterocycles. The van der Waals surface area contributed by atoms with Crippen LogP contribution in [0.2, 0.25) is 5.02 Å². The van der Waals surface area contributed by atoms with Crippen molar-refractivity contribution in [2.75, 3.05) is 11.5 Å². The standard InChI is InChI=1S/C21H21ClN2O3S2/c1-14-6-8-15(9-7-14)11-24-18-12-29(26,27)13-19(18)28-21(24)23-20(25)10-16-4-2-3-5-17(16)22/h2-9,18-19H,10-13H2,1H3/t18-,19+/m1/s1. The topological polar surface area (TPSA) is 66.8 Å². The highest BCUT2D eigenvalue weighted by molar-refractivity contribution is 8.15. The number of nitrogens with zero attached hydrogens (tertiary/aromatic N) is 2. The van der Waals surface area contributed by atoms with Crippen molar-refractivity contribution in [2.24, 2.45) is 4.99 Å². The fourth-order valence-electron chi connectivity index (χ4n) is 3.66. The van der Waals surface area contributed by atoms with Crippen LogP contribution in [0.25, 0.3) is 0 Å². The number of sulfone groups is 1. The SMILES string of the molecule is Cc1ccc(CN2C(=NC(=O)Cc3ccccc3Cl)S[C@H]3CS(=O)(=O)C[C@H]32)cc1. The van der Waals surface area contributed by atoms with Crippen LogP contribution >= 0.6 is 23.4 Å². The number of amides is 1. The zero-order chi connectivity index (χ0) is 20.6. The maximum Gasteiger partial charge on any atom is 0.252 e. The molecule has 152 valence electrons. The Labute approximate surface area is 180 Å². The highest BCUT2D eigenvalue weighted by Gasteiger charge is 2.48. The summed E-state index contributed by atoms with van der Waals surface area (Å²) in [4.78, 5) is 18.9. The molecule has 0 aromatic heterocycles. The van der Waals surface area contributed by atoms with Crippen LogP contribution in [0.4, 0.5) is 0 Å². The van der Waals surface area contributed by atoms with Crippen molar-refractivity contribution in [3.8, 4) is 0 Å². The average molecular weight is 449 g/mol. The molecule has 0 bridgehead atoms. The number of fused-ring (bicyclic) bond motifs is 1. The number of amidine groups is 1. The van der Waals surface area contributed by atoms with Gasteiger partial charge in [-0.2, -0.15) is 4.99 Å². The zero-order valence-electron chi connectivity index (χ0n) is 15.9. The van der Waals surface area contributed by atoms with Gasteiger partial charge in [0.2, 0.25) is 0 Å². The van der Waals surface area contributed by atoms with Gasteiger partial charge in [-0.05, 0) is 24.1 Å². The number of hydrogen-bond acceptors (Lipinski definition) is 4. The lowest BCUT2D eigenvalue weighted by molar-refractivity contribution is -0.117. The van der Waals surface area contributed by atoms with Gasteiger partial charge in [-0.15, -0.1) is 0 Å². The first kappa shape index (κ1) is 20.4. The third-order valence-electron chi connectivity index (χ3n) is 5.17. The second-order valence-corrected chi connectivity index (χ2v) is 11.2. The number of carbonyl (C=O) groups is 1. The molecule has 0 aliphatic carbocycles. The van der Waals surface area contributed by atoms with E-state index in [0.717, 1.165) is 16.7 Å². The highest BCUT2D eigenvalue weighted by atomic mass is 35.5. The molecule has 2 aliphatic heterocycles. The van der Waals surface area contributed by atoms with Gasteiger partial charge in [0, 0.05) is 16.8 Å². The summed E-state index contributed by atoms with van der Waals surface area (Å²) in [6.07, 6.45) is 0.121. The first-order chi connectivity index (χ1) is 13.8. The molecular weight excluding hydrogens is 428 g/mol. The smallest absolute Gasteiger partial charge is 0.252 e. The summed E-state index contributed by atoms with van der Waals surface area (Å²) < 4.78 is 24.3. The minimum atomic E-state index is -3.06. The first-order valence-electron chi connectivity index (χ1n) is 9.35. The van der Waals surface area contributed by atoms with Gasteiger partial charge in [-0.1, -0.05) is 71.4 Å². The Hall–Kier alpha value is -1.83. The van der Waals surface area contributed by atoms with E-state index in [2.05, 4.69) is 4.99 Å². The van der Waals surface area contributed by atoms with Gasteiger partial charge in [-0.3, -0.25) is 4.79 Å². The van der Waals surface area contributed by atoms with Crippen LogP contribution in [0, 0.1) is 6.92 Å². The summed E-state index contributed by atoms with van der Waals surface area (Å²) in [7, 11) is -3.06. The predicted molar refractivity (Wildman–Crippen MR) is 118 cm³/mol. The van der Waals surface area contributed by atoms with E-state index in [1.807, 2.05) is 54.3 Å². The third-order valence-corrected chi connectivity index (χ3v) is 8.78. The van der Waals surface area contributed by atoms with Crippen molar-refractivity contribution in [1.82, 2.24) is 4.90 Å². The summed E-state index contributed by atoms with van der Waals surface area (Å²) >= 11 is 7.56. The van der Waals surface area contributed by atoms with Crippen LogP contribution in [0.1, 0.15) is 16.7 Å². The van der Waals surface area contributed by atoms with Gasteiger partial charge in [0.25, 0.3) is 5.91 Å². The quantitative estimate of drug-likeness (QED) is 0.716. The molecule has 2 aromatic carbocycles. The fraction of sp³-hybridized carbons (Fsp3) is 0.333. The zero-order valence-corrected chi connectivity index (χ0v) is 18.3. The van der Waals surface area contributed by atoms with Gasteiger partial charge in [-0.25, -0.2) is 8.42 Å². The van der Waals surface area contributed by atoms with E-state index in [0.29, 0.717) is 16.7 Å². The molecule has 0 unspecified atom stereocenters. The summed E-state index contributed by atoms with van der Waals surface area (Å²) in [5, 5.41) is 1.06. The normalized spacial score (nSPS) is 24.1. The van der Waals surface area contributed by atoms with Crippen molar-refractivity contribution in [3.05, 3.63) is 70.2 Å². The Morgan fingerprint density at radius 1 is 1.17 bits per heavy atom. The van der Waals surface area contributed by atoms with Crippen molar-refractivity contribution >= 4 is 44.3 Å². The summed E-state index contributed by atoms with van der Waals surface area (Å²) in [5.41, 5.74) is 2.96. The van der Waals surface area contributed by atoms with Gasteiger partial charge >= 0.3 is 0 Å². The van der Waals surface area contributed by atoms with E-state index in [-0.39, 0.29) is 35.1 Å². The first-order valence-corrected chi connectivity index (χ1v) is 12.4. The summed E-state index contributed by atoms with van der Waals surface area (Å²) in [6, 6.07) is 15.2. The number of hydrogen-bond donors (Lipinski definition) is 0. The summed E-state index contributed by atoms with van der Waals surface area (Å²) in [6.45, 7) is 2.55. The van der Waals surface area contributed by atoms with Gasteiger partial charge < -0.3 is 4.90 Å². The van der Waals surface area contributed by atoms with Crippen molar-refractivity contribution in [3.63, 3.8) is 0 Å². The maximum absolute atomic E-state index is 12.6. The van der Waals surface area contributed by atoms with Crippen LogP contribution in [-0.4, -0.2) is 47.2 Å². The van der Waals surface area contributed by atoms with E-state index >= 15 is 0 Å². The molecule has 0 spiro atoms. The second-order valence-electron chi connectivity index (χ2n) is 7.47. The number of rotatable bonds is 4. The molecule has 4 rings (SSSR count). The predicted octanol–water partition coefficient (Wildman–Crippen LogP) is 3.49. The molecule has 0 radical (unpaired) electrons. The lowest BCUT2D eigenvalue weighted by Gasteiger charge is -2.24. The molecule has 2 atom stereocenters. The van der Waals surface area contributed by atoms with E-state index < -0.39 is 9.84 Å². The van der Waals surface area contributed by atoms with E-state index in [1.54, 1.807) is 6.07 Å². The molecular formula is C21H21ClN2O3S2. The molecule has 1 amide bonds. The molecule has 2 fully saturated rings. The molecule has 2 aliphatic rings. The van der Waals surface area contributed by atoms with Gasteiger partial charge in [0.15, 0.2) is 15.0 Å². The Balaban J connectivity index is 1.58. The third kappa shape index (κ3) is 4.68. The number of aryl methyl sites for hydroxylation is 1. The Morgan fingerprint density at radius 2 is 1.90 bits per heavy atom.